The summed E-state index contributed by atoms with van der Waals surface area (Å²) in [7, 11) is -3.60. The van der Waals surface area contributed by atoms with Crippen LogP contribution in [0.5, 0.6) is 0 Å². The molecule has 0 spiro atoms. The van der Waals surface area contributed by atoms with Crippen molar-refractivity contribution in [2.24, 2.45) is 0 Å². The third kappa shape index (κ3) is 5.18. The first kappa shape index (κ1) is 20.5. The minimum absolute atomic E-state index is 0.102. The molecule has 2 aromatic rings. The number of benzene rings is 1. The van der Waals surface area contributed by atoms with Gasteiger partial charge in [-0.15, -0.1) is 11.3 Å². The SMILES string of the molecule is C[C@@H]1CN(S(=O)(=O)N(Cc2ccccc2)[C@H](C)Cc2cccs2)C[C@H](C)O1. The maximum atomic E-state index is 13.6. The van der Waals surface area contributed by atoms with Crippen molar-refractivity contribution in [3.63, 3.8) is 0 Å². The Morgan fingerprint density at radius 2 is 1.81 bits per heavy atom. The largest absolute Gasteiger partial charge is 0.373 e. The lowest BCUT2D eigenvalue weighted by Gasteiger charge is -2.39. The summed E-state index contributed by atoms with van der Waals surface area (Å²) in [4.78, 5) is 1.19. The van der Waals surface area contributed by atoms with Gasteiger partial charge in [-0.3, -0.25) is 0 Å². The quantitative estimate of drug-likeness (QED) is 0.704. The van der Waals surface area contributed by atoms with Crippen LogP contribution in [0.25, 0.3) is 0 Å². The van der Waals surface area contributed by atoms with Gasteiger partial charge < -0.3 is 4.74 Å². The van der Waals surface area contributed by atoms with Crippen LogP contribution in [0.3, 0.4) is 0 Å². The predicted molar refractivity (Wildman–Crippen MR) is 110 cm³/mol. The minimum Gasteiger partial charge on any atom is -0.373 e. The van der Waals surface area contributed by atoms with E-state index >= 15 is 0 Å². The van der Waals surface area contributed by atoms with Gasteiger partial charge in [0.25, 0.3) is 10.2 Å². The molecule has 0 amide bonds. The van der Waals surface area contributed by atoms with Crippen molar-refractivity contribution in [1.29, 1.82) is 0 Å². The Bertz CT molecular complexity index is 799. The van der Waals surface area contributed by atoms with Crippen LogP contribution in [0.4, 0.5) is 0 Å². The van der Waals surface area contributed by atoms with Gasteiger partial charge in [-0.2, -0.15) is 17.0 Å². The molecule has 0 bridgehead atoms. The van der Waals surface area contributed by atoms with Crippen LogP contribution >= 0.6 is 11.3 Å². The van der Waals surface area contributed by atoms with Gasteiger partial charge >= 0.3 is 0 Å². The van der Waals surface area contributed by atoms with Gasteiger partial charge in [0, 0.05) is 30.6 Å². The molecule has 27 heavy (non-hydrogen) atoms. The summed E-state index contributed by atoms with van der Waals surface area (Å²) in [5.41, 5.74) is 0.994. The lowest BCUT2D eigenvalue weighted by atomic mass is 10.1. The summed E-state index contributed by atoms with van der Waals surface area (Å²) in [6.45, 7) is 7.00. The maximum absolute atomic E-state index is 13.6. The molecule has 1 aromatic heterocycles. The molecule has 5 nitrogen and oxygen atoms in total. The van der Waals surface area contributed by atoms with Gasteiger partial charge in [0.2, 0.25) is 0 Å². The highest BCUT2D eigenvalue weighted by molar-refractivity contribution is 7.86. The van der Waals surface area contributed by atoms with Crippen molar-refractivity contribution in [2.45, 2.75) is 52.0 Å². The molecule has 3 rings (SSSR count). The van der Waals surface area contributed by atoms with E-state index in [1.807, 2.05) is 62.5 Å². The molecule has 1 aromatic carbocycles. The van der Waals surface area contributed by atoms with Gasteiger partial charge in [-0.05, 0) is 44.2 Å². The summed E-state index contributed by atoms with van der Waals surface area (Å²) in [5.74, 6) is 0. The van der Waals surface area contributed by atoms with E-state index in [0.717, 1.165) is 5.56 Å². The lowest BCUT2D eigenvalue weighted by molar-refractivity contribution is -0.0458. The zero-order chi connectivity index (χ0) is 19.4. The standard InChI is InChI=1S/C20H28N2O3S2/c1-16(12-20-10-7-11-26-20)22(15-19-8-5-4-6-9-19)27(23,24)21-13-17(2)25-18(3)14-21/h4-11,16-18H,12-15H2,1-3H3/t16-,17-,18+/m1/s1. The summed E-state index contributed by atoms with van der Waals surface area (Å²) in [6.07, 6.45) is 0.503. The first-order valence-electron chi connectivity index (χ1n) is 9.35. The Morgan fingerprint density at radius 3 is 2.41 bits per heavy atom. The molecule has 1 aliphatic heterocycles. The lowest BCUT2D eigenvalue weighted by Crippen LogP contribution is -2.54. The van der Waals surface area contributed by atoms with Crippen molar-refractivity contribution in [3.05, 3.63) is 58.3 Å². The minimum atomic E-state index is -3.60. The molecular weight excluding hydrogens is 380 g/mol. The maximum Gasteiger partial charge on any atom is 0.282 e. The van der Waals surface area contributed by atoms with Crippen molar-refractivity contribution in [1.82, 2.24) is 8.61 Å². The van der Waals surface area contributed by atoms with Crippen LogP contribution in [0.1, 0.15) is 31.2 Å². The van der Waals surface area contributed by atoms with E-state index in [1.54, 1.807) is 19.9 Å². The highest BCUT2D eigenvalue weighted by atomic mass is 32.2. The Kier molecular flexibility index (Phi) is 6.70. The Morgan fingerprint density at radius 1 is 1.15 bits per heavy atom. The number of hydrogen-bond donors (Lipinski definition) is 0. The molecule has 148 valence electrons. The molecule has 3 atom stereocenters. The van der Waals surface area contributed by atoms with E-state index in [2.05, 4.69) is 6.07 Å². The topological polar surface area (TPSA) is 49.9 Å². The van der Waals surface area contributed by atoms with Crippen LogP contribution in [0, 0.1) is 0 Å². The zero-order valence-corrected chi connectivity index (χ0v) is 17.7. The first-order chi connectivity index (χ1) is 12.9. The molecule has 0 N–H and O–H groups in total. The summed E-state index contributed by atoms with van der Waals surface area (Å²) < 4.78 is 36.1. The third-order valence-corrected chi connectivity index (χ3v) is 7.69. The number of morpholine rings is 1. The number of nitrogens with zero attached hydrogens (tertiary/aromatic N) is 2. The fourth-order valence-electron chi connectivity index (χ4n) is 3.52. The van der Waals surface area contributed by atoms with Crippen LogP contribution in [0.15, 0.2) is 47.8 Å². The second-order valence-corrected chi connectivity index (χ2v) is 10.2. The summed E-state index contributed by atoms with van der Waals surface area (Å²) in [5, 5.41) is 2.03. The van der Waals surface area contributed by atoms with Gasteiger partial charge in [0.05, 0.1) is 12.2 Å². The van der Waals surface area contributed by atoms with E-state index in [1.165, 1.54) is 4.88 Å². The average Bonchev–Trinajstić information content (AvgIpc) is 3.12. The second-order valence-electron chi connectivity index (χ2n) is 7.25. The Balaban J connectivity index is 1.87. The van der Waals surface area contributed by atoms with Crippen LogP contribution in [0.2, 0.25) is 0 Å². The van der Waals surface area contributed by atoms with E-state index in [0.29, 0.717) is 26.1 Å². The number of ether oxygens (including phenoxy) is 1. The highest BCUT2D eigenvalue weighted by Crippen LogP contribution is 2.24. The number of rotatable bonds is 7. The van der Waals surface area contributed by atoms with Crippen LogP contribution < -0.4 is 0 Å². The van der Waals surface area contributed by atoms with E-state index in [4.69, 9.17) is 4.74 Å². The molecule has 2 heterocycles. The molecule has 0 aliphatic carbocycles. The van der Waals surface area contributed by atoms with Crippen molar-refractivity contribution in [2.75, 3.05) is 13.1 Å². The van der Waals surface area contributed by atoms with E-state index in [9.17, 15) is 8.42 Å². The molecule has 1 aliphatic rings. The van der Waals surface area contributed by atoms with Gasteiger partial charge in [-0.25, -0.2) is 0 Å². The fraction of sp³-hybridized carbons (Fsp3) is 0.500. The number of thiophene rings is 1. The van der Waals surface area contributed by atoms with Gasteiger partial charge in [0.1, 0.15) is 0 Å². The smallest absolute Gasteiger partial charge is 0.282 e. The molecule has 1 saturated heterocycles. The average molecular weight is 409 g/mol. The van der Waals surface area contributed by atoms with E-state index < -0.39 is 10.2 Å². The fourth-order valence-corrected chi connectivity index (χ4v) is 6.28. The third-order valence-electron chi connectivity index (χ3n) is 4.76. The van der Waals surface area contributed by atoms with Crippen molar-refractivity contribution < 1.29 is 13.2 Å². The van der Waals surface area contributed by atoms with Crippen molar-refractivity contribution >= 4 is 21.5 Å². The Hall–Kier alpha value is -1.25. The monoisotopic (exact) mass is 408 g/mol. The molecule has 0 unspecified atom stereocenters. The van der Waals surface area contributed by atoms with Crippen LogP contribution in [-0.4, -0.2) is 48.4 Å². The highest BCUT2D eigenvalue weighted by Gasteiger charge is 2.37. The van der Waals surface area contributed by atoms with Gasteiger partial charge in [-0.1, -0.05) is 36.4 Å². The van der Waals surface area contributed by atoms with Gasteiger partial charge in [0.15, 0.2) is 0 Å². The number of hydrogen-bond acceptors (Lipinski definition) is 4. The molecule has 0 radical (unpaired) electrons. The summed E-state index contributed by atoms with van der Waals surface area (Å²) >= 11 is 1.67. The molecule has 1 fully saturated rings. The zero-order valence-electron chi connectivity index (χ0n) is 16.1. The first-order valence-corrected chi connectivity index (χ1v) is 11.6. The molecular formula is C20H28N2O3S2. The normalized spacial score (nSPS) is 22.8. The molecule has 7 heteroatoms. The summed E-state index contributed by atoms with van der Waals surface area (Å²) in [6, 6.07) is 13.7. The van der Waals surface area contributed by atoms with Crippen molar-refractivity contribution in [3.8, 4) is 0 Å². The second kappa shape index (κ2) is 8.84. The molecule has 0 saturated carbocycles. The van der Waals surface area contributed by atoms with E-state index in [-0.39, 0.29) is 18.2 Å². The van der Waals surface area contributed by atoms with Crippen LogP contribution in [-0.2, 0) is 27.9 Å². The Labute approximate surface area is 166 Å². The predicted octanol–water partition coefficient (Wildman–Crippen LogP) is 3.54.